The van der Waals surface area contributed by atoms with Crippen molar-refractivity contribution in [3.8, 4) is 0 Å². The van der Waals surface area contributed by atoms with E-state index in [-0.39, 0.29) is 22.1 Å². The van der Waals surface area contributed by atoms with Crippen LogP contribution in [-0.4, -0.2) is 31.5 Å². The Labute approximate surface area is 165 Å². The highest BCUT2D eigenvalue weighted by atomic mass is 35.5. The number of nitrogens with one attached hydrogen (secondary N) is 1. The highest BCUT2D eigenvalue weighted by Gasteiger charge is 2.30. The van der Waals surface area contributed by atoms with Crippen LogP contribution < -0.4 is 9.62 Å². The molecule has 1 amide bonds. The SMILES string of the molecule is C[C@H](C(=O)Nc1cc(Cl)ccc1Cl)N(c1cccc([N+](=O)[O-])c1)S(C)(=O)=O. The van der Waals surface area contributed by atoms with Crippen molar-refractivity contribution in [2.24, 2.45) is 0 Å². The van der Waals surface area contributed by atoms with Crippen molar-refractivity contribution in [3.05, 3.63) is 62.6 Å². The number of amides is 1. The molecule has 8 nitrogen and oxygen atoms in total. The normalized spacial score (nSPS) is 12.3. The van der Waals surface area contributed by atoms with Gasteiger partial charge in [-0.1, -0.05) is 29.3 Å². The van der Waals surface area contributed by atoms with Gasteiger partial charge in [0.25, 0.3) is 5.69 Å². The quantitative estimate of drug-likeness (QED) is 0.553. The number of rotatable bonds is 6. The van der Waals surface area contributed by atoms with Crippen LogP contribution in [0.15, 0.2) is 42.5 Å². The summed E-state index contributed by atoms with van der Waals surface area (Å²) >= 11 is 11.9. The Bertz CT molecular complexity index is 997. The van der Waals surface area contributed by atoms with Crippen LogP contribution in [0.25, 0.3) is 0 Å². The molecule has 0 heterocycles. The van der Waals surface area contributed by atoms with E-state index in [2.05, 4.69) is 5.32 Å². The summed E-state index contributed by atoms with van der Waals surface area (Å²) in [7, 11) is -3.92. The first kappa shape index (κ1) is 20.9. The Morgan fingerprint density at radius 1 is 1.22 bits per heavy atom. The minimum Gasteiger partial charge on any atom is -0.323 e. The zero-order chi connectivity index (χ0) is 20.4. The first-order chi connectivity index (χ1) is 12.5. The number of hydrogen-bond donors (Lipinski definition) is 1. The lowest BCUT2D eigenvalue weighted by Crippen LogP contribution is -2.45. The zero-order valence-electron chi connectivity index (χ0n) is 14.2. The molecule has 1 N–H and O–H groups in total. The maximum atomic E-state index is 12.6. The molecule has 0 aliphatic rings. The van der Waals surface area contributed by atoms with Gasteiger partial charge < -0.3 is 5.32 Å². The summed E-state index contributed by atoms with van der Waals surface area (Å²) < 4.78 is 25.3. The molecule has 27 heavy (non-hydrogen) atoms. The van der Waals surface area contributed by atoms with Crippen LogP contribution in [0, 0.1) is 10.1 Å². The minimum absolute atomic E-state index is 0.00783. The van der Waals surface area contributed by atoms with Gasteiger partial charge in [0.2, 0.25) is 15.9 Å². The predicted molar refractivity (Wildman–Crippen MR) is 105 cm³/mol. The molecule has 2 rings (SSSR count). The Morgan fingerprint density at radius 3 is 2.48 bits per heavy atom. The van der Waals surface area contributed by atoms with Gasteiger partial charge in [0.1, 0.15) is 6.04 Å². The summed E-state index contributed by atoms with van der Waals surface area (Å²) in [4.78, 5) is 22.9. The fourth-order valence-electron chi connectivity index (χ4n) is 2.38. The fourth-order valence-corrected chi connectivity index (χ4v) is 3.89. The Morgan fingerprint density at radius 2 is 1.89 bits per heavy atom. The van der Waals surface area contributed by atoms with E-state index in [1.165, 1.54) is 43.3 Å². The number of nitro groups is 1. The van der Waals surface area contributed by atoms with Crippen molar-refractivity contribution in [1.29, 1.82) is 0 Å². The molecule has 0 aromatic heterocycles. The van der Waals surface area contributed by atoms with E-state index in [0.717, 1.165) is 16.6 Å². The first-order valence-corrected chi connectivity index (χ1v) is 10.1. The zero-order valence-corrected chi connectivity index (χ0v) is 16.5. The molecule has 0 aliphatic heterocycles. The summed E-state index contributed by atoms with van der Waals surface area (Å²) in [5.41, 5.74) is -0.0910. The molecule has 144 valence electrons. The molecule has 0 radical (unpaired) electrons. The van der Waals surface area contributed by atoms with E-state index in [0.29, 0.717) is 5.02 Å². The van der Waals surface area contributed by atoms with E-state index >= 15 is 0 Å². The second kappa shape index (κ2) is 8.12. The molecule has 0 saturated carbocycles. The maximum Gasteiger partial charge on any atom is 0.271 e. The molecule has 2 aromatic rings. The van der Waals surface area contributed by atoms with Crippen molar-refractivity contribution in [3.63, 3.8) is 0 Å². The number of anilines is 2. The van der Waals surface area contributed by atoms with Crippen LogP contribution in [0.4, 0.5) is 17.1 Å². The van der Waals surface area contributed by atoms with Crippen molar-refractivity contribution in [2.45, 2.75) is 13.0 Å². The van der Waals surface area contributed by atoms with E-state index < -0.39 is 26.9 Å². The van der Waals surface area contributed by atoms with Crippen LogP contribution >= 0.6 is 23.2 Å². The molecule has 0 spiro atoms. The lowest BCUT2D eigenvalue weighted by Gasteiger charge is -2.28. The topological polar surface area (TPSA) is 110 Å². The van der Waals surface area contributed by atoms with Crippen LogP contribution in [0.3, 0.4) is 0 Å². The number of nitro benzene ring substituents is 1. The number of carbonyl (C=O) groups excluding carboxylic acids is 1. The smallest absolute Gasteiger partial charge is 0.271 e. The molecule has 0 aliphatic carbocycles. The molecule has 2 aromatic carbocycles. The second-order valence-corrected chi connectivity index (χ2v) is 8.33. The number of hydrogen-bond acceptors (Lipinski definition) is 5. The van der Waals surface area contributed by atoms with Crippen molar-refractivity contribution < 1.29 is 18.1 Å². The van der Waals surface area contributed by atoms with Gasteiger partial charge in [-0.15, -0.1) is 0 Å². The van der Waals surface area contributed by atoms with Gasteiger partial charge in [-0.3, -0.25) is 19.2 Å². The molecule has 0 saturated heterocycles. The third-order valence-corrected chi connectivity index (χ3v) is 5.38. The van der Waals surface area contributed by atoms with Crippen LogP contribution in [0.5, 0.6) is 0 Å². The van der Waals surface area contributed by atoms with Gasteiger partial charge in [0, 0.05) is 17.2 Å². The van der Waals surface area contributed by atoms with Gasteiger partial charge in [0.15, 0.2) is 0 Å². The average Bonchev–Trinajstić information content (AvgIpc) is 2.57. The molecule has 1 atom stereocenters. The van der Waals surface area contributed by atoms with Crippen LogP contribution in [0.1, 0.15) is 6.92 Å². The third-order valence-electron chi connectivity index (χ3n) is 3.57. The van der Waals surface area contributed by atoms with Gasteiger partial charge in [-0.2, -0.15) is 0 Å². The second-order valence-electron chi connectivity index (χ2n) is 5.63. The fraction of sp³-hybridized carbons (Fsp3) is 0.188. The number of benzene rings is 2. The number of halogens is 2. The van der Waals surface area contributed by atoms with E-state index in [4.69, 9.17) is 23.2 Å². The van der Waals surface area contributed by atoms with Gasteiger partial charge >= 0.3 is 0 Å². The number of sulfonamides is 1. The van der Waals surface area contributed by atoms with Crippen molar-refractivity contribution >= 4 is 56.2 Å². The molecule has 0 fully saturated rings. The average molecular weight is 432 g/mol. The Kier molecular flexibility index (Phi) is 6.30. The number of carbonyl (C=O) groups is 1. The molecular formula is C16H15Cl2N3O5S. The minimum atomic E-state index is -3.92. The summed E-state index contributed by atoms with van der Waals surface area (Å²) in [5, 5.41) is 14.0. The largest absolute Gasteiger partial charge is 0.323 e. The summed E-state index contributed by atoms with van der Waals surface area (Å²) in [6, 6.07) is 8.24. The van der Waals surface area contributed by atoms with Crippen LogP contribution in [0.2, 0.25) is 10.0 Å². The standard InChI is InChI=1S/C16H15Cl2N3O5S/c1-10(16(22)19-15-8-11(17)6-7-14(15)18)20(27(2,25)26)12-4-3-5-13(9-12)21(23)24/h3-10H,1-2H3,(H,19,22)/t10-/m1/s1. The highest BCUT2D eigenvalue weighted by Crippen LogP contribution is 2.28. The molecular weight excluding hydrogens is 417 g/mol. The lowest BCUT2D eigenvalue weighted by atomic mass is 10.2. The maximum absolute atomic E-state index is 12.6. The van der Waals surface area contributed by atoms with E-state index in [9.17, 15) is 23.3 Å². The van der Waals surface area contributed by atoms with Gasteiger partial charge in [-0.25, -0.2) is 8.42 Å². The monoisotopic (exact) mass is 431 g/mol. The summed E-state index contributed by atoms with van der Waals surface area (Å²) in [6.45, 7) is 1.35. The number of non-ortho nitro benzene ring substituents is 1. The van der Waals surface area contributed by atoms with Gasteiger partial charge in [-0.05, 0) is 31.2 Å². The highest BCUT2D eigenvalue weighted by molar-refractivity contribution is 7.92. The van der Waals surface area contributed by atoms with Crippen LogP contribution in [-0.2, 0) is 14.8 Å². The Balaban J connectivity index is 2.39. The molecule has 0 unspecified atom stereocenters. The first-order valence-electron chi connectivity index (χ1n) is 7.50. The van der Waals surface area contributed by atoms with E-state index in [1.54, 1.807) is 0 Å². The predicted octanol–water partition coefficient (Wildman–Crippen LogP) is 3.69. The third kappa shape index (κ3) is 5.09. The Hall–Kier alpha value is -2.36. The summed E-state index contributed by atoms with van der Waals surface area (Å²) in [6.07, 6.45) is 0.905. The van der Waals surface area contributed by atoms with Crippen molar-refractivity contribution in [1.82, 2.24) is 0 Å². The molecule has 11 heteroatoms. The van der Waals surface area contributed by atoms with Gasteiger partial charge in [0.05, 0.1) is 27.6 Å². The van der Waals surface area contributed by atoms with Crippen molar-refractivity contribution in [2.75, 3.05) is 15.9 Å². The number of nitrogens with zero attached hydrogens (tertiary/aromatic N) is 2. The summed E-state index contributed by atoms with van der Waals surface area (Å²) in [5.74, 6) is -0.684. The lowest BCUT2D eigenvalue weighted by molar-refractivity contribution is -0.384. The van der Waals surface area contributed by atoms with E-state index in [1.807, 2.05) is 0 Å². The molecule has 0 bridgehead atoms.